The SMILES string of the molecule is CC(=O)N[C@H]1[C@H]([C@H](O)CO)O[C@@](Oc2ccc([N+](=O)[O-])cc2)(C(=O)O)C[C@@H]1O. The molecule has 5 atom stereocenters. The average Bonchev–Trinajstić information content (AvgIpc) is 2.63. The standard InChI is InChI=1S/C16H20N2O10/c1-8(20)17-13-11(21)6-16(15(23)24,28-14(13)12(22)7-19)27-10-4-2-9(3-5-10)18(25)26/h2-5,11-14,19,21-22H,6-7H2,1H3,(H,17,20)(H,23,24)/t11-,12+,13+,14-,16+/m0/s1. The number of aliphatic hydroxyl groups excluding tert-OH is 3. The number of hydrogen-bond donors (Lipinski definition) is 5. The molecule has 1 aromatic rings. The third-order valence-electron chi connectivity index (χ3n) is 4.17. The van der Waals surface area contributed by atoms with Crippen LogP contribution in [0.1, 0.15) is 13.3 Å². The molecule has 1 aliphatic rings. The fourth-order valence-electron chi connectivity index (χ4n) is 2.87. The van der Waals surface area contributed by atoms with Crippen LogP contribution < -0.4 is 10.1 Å². The molecule has 1 saturated heterocycles. The summed E-state index contributed by atoms with van der Waals surface area (Å²) in [5.74, 6) is -4.77. The number of carboxylic acid groups (broad SMARTS) is 1. The van der Waals surface area contributed by atoms with Crippen LogP contribution in [0.4, 0.5) is 5.69 Å². The van der Waals surface area contributed by atoms with E-state index in [0.29, 0.717) is 0 Å². The molecule has 12 nitrogen and oxygen atoms in total. The van der Waals surface area contributed by atoms with Crippen molar-refractivity contribution in [2.45, 2.75) is 43.5 Å². The Bertz CT molecular complexity index is 739. The van der Waals surface area contributed by atoms with Crippen LogP contribution in [0, 0.1) is 10.1 Å². The molecular weight excluding hydrogens is 380 g/mol. The molecule has 5 N–H and O–H groups in total. The molecule has 0 unspecified atom stereocenters. The minimum atomic E-state index is -2.47. The molecule has 154 valence electrons. The number of nitro benzene ring substituents is 1. The van der Waals surface area contributed by atoms with E-state index in [2.05, 4.69) is 5.32 Å². The Morgan fingerprint density at radius 2 is 2.04 bits per heavy atom. The fraction of sp³-hybridized carbons (Fsp3) is 0.500. The summed E-state index contributed by atoms with van der Waals surface area (Å²) in [6.45, 7) is 0.322. The Morgan fingerprint density at radius 3 is 2.50 bits per heavy atom. The van der Waals surface area contributed by atoms with Crippen molar-refractivity contribution >= 4 is 17.6 Å². The summed E-state index contributed by atoms with van der Waals surface area (Å²) in [5.41, 5.74) is -0.249. The topological polar surface area (TPSA) is 189 Å². The normalized spacial score (nSPS) is 28.2. The number of nitrogens with one attached hydrogen (secondary N) is 1. The molecule has 1 aromatic carbocycles. The van der Waals surface area contributed by atoms with Crippen LogP contribution >= 0.6 is 0 Å². The van der Waals surface area contributed by atoms with Crippen LogP contribution in [0.3, 0.4) is 0 Å². The highest BCUT2D eigenvalue weighted by Crippen LogP contribution is 2.34. The zero-order valence-electron chi connectivity index (χ0n) is 14.7. The molecule has 0 bridgehead atoms. The first kappa shape index (κ1) is 21.5. The predicted octanol–water partition coefficient (Wildman–Crippen LogP) is -1.24. The second kappa shape index (κ2) is 8.48. The maximum atomic E-state index is 11.9. The lowest BCUT2D eigenvalue weighted by Crippen LogP contribution is -2.67. The van der Waals surface area contributed by atoms with Crippen molar-refractivity contribution in [1.29, 1.82) is 0 Å². The van der Waals surface area contributed by atoms with Gasteiger partial charge in [-0.1, -0.05) is 0 Å². The lowest BCUT2D eigenvalue weighted by Gasteiger charge is -2.45. The zero-order valence-corrected chi connectivity index (χ0v) is 14.7. The summed E-state index contributed by atoms with van der Waals surface area (Å²) in [7, 11) is 0. The van der Waals surface area contributed by atoms with E-state index in [1.54, 1.807) is 0 Å². The largest absolute Gasteiger partial charge is 0.476 e. The highest BCUT2D eigenvalue weighted by molar-refractivity contribution is 5.77. The van der Waals surface area contributed by atoms with Gasteiger partial charge in [0.1, 0.15) is 18.0 Å². The predicted molar refractivity (Wildman–Crippen MR) is 90.3 cm³/mol. The molecule has 0 spiro atoms. The number of aliphatic carboxylic acids is 1. The molecule has 1 heterocycles. The van der Waals surface area contributed by atoms with Crippen molar-refractivity contribution < 1.29 is 44.4 Å². The Balaban J connectivity index is 2.35. The molecule has 0 saturated carbocycles. The number of ether oxygens (including phenoxy) is 2. The minimum absolute atomic E-state index is 0.101. The average molecular weight is 400 g/mol. The third kappa shape index (κ3) is 4.54. The van der Waals surface area contributed by atoms with Gasteiger partial charge in [-0.3, -0.25) is 14.9 Å². The summed E-state index contributed by atoms with van der Waals surface area (Å²) in [6.07, 6.45) is -5.27. The number of aliphatic hydroxyl groups is 3. The third-order valence-corrected chi connectivity index (χ3v) is 4.17. The van der Waals surface area contributed by atoms with Gasteiger partial charge in [0.25, 0.3) is 5.69 Å². The van der Waals surface area contributed by atoms with Gasteiger partial charge in [0.15, 0.2) is 0 Å². The first-order chi connectivity index (χ1) is 13.1. The van der Waals surface area contributed by atoms with Gasteiger partial charge in [0, 0.05) is 19.1 Å². The van der Waals surface area contributed by atoms with Crippen LogP contribution in [0.5, 0.6) is 5.75 Å². The van der Waals surface area contributed by atoms with E-state index in [-0.39, 0.29) is 11.4 Å². The number of nitro groups is 1. The molecule has 12 heteroatoms. The smallest absolute Gasteiger partial charge is 0.377 e. The number of benzene rings is 1. The molecule has 1 aliphatic heterocycles. The maximum absolute atomic E-state index is 11.9. The summed E-state index contributed by atoms with van der Waals surface area (Å²) in [6, 6.07) is 3.27. The monoisotopic (exact) mass is 400 g/mol. The highest BCUT2D eigenvalue weighted by Gasteiger charge is 2.55. The first-order valence-corrected chi connectivity index (χ1v) is 8.18. The van der Waals surface area contributed by atoms with E-state index in [4.69, 9.17) is 9.47 Å². The van der Waals surface area contributed by atoms with Gasteiger partial charge in [-0.25, -0.2) is 4.79 Å². The summed E-state index contributed by atoms with van der Waals surface area (Å²) >= 11 is 0. The van der Waals surface area contributed by atoms with E-state index in [1.807, 2.05) is 0 Å². The van der Waals surface area contributed by atoms with Crippen molar-refractivity contribution in [3.8, 4) is 5.75 Å². The second-order valence-electron chi connectivity index (χ2n) is 6.24. The van der Waals surface area contributed by atoms with Crippen LogP contribution in [0.2, 0.25) is 0 Å². The molecule has 0 aromatic heterocycles. The van der Waals surface area contributed by atoms with E-state index in [1.165, 1.54) is 0 Å². The Labute approximate surface area is 158 Å². The van der Waals surface area contributed by atoms with Gasteiger partial charge in [0.2, 0.25) is 5.91 Å². The molecule has 1 amide bonds. The molecule has 0 aliphatic carbocycles. The summed E-state index contributed by atoms with van der Waals surface area (Å²) in [5, 5.41) is 52.3. The van der Waals surface area contributed by atoms with Crippen LogP contribution in [-0.4, -0.2) is 74.0 Å². The Kier molecular flexibility index (Phi) is 6.51. The number of carboxylic acids is 1. The van der Waals surface area contributed by atoms with Crippen molar-refractivity contribution in [2.75, 3.05) is 6.61 Å². The summed E-state index contributed by atoms with van der Waals surface area (Å²) < 4.78 is 10.8. The second-order valence-corrected chi connectivity index (χ2v) is 6.24. The van der Waals surface area contributed by atoms with Crippen molar-refractivity contribution in [1.82, 2.24) is 5.32 Å². The van der Waals surface area contributed by atoms with E-state index >= 15 is 0 Å². The van der Waals surface area contributed by atoms with Crippen LogP contribution in [0.25, 0.3) is 0 Å². The number of hydrogen-bond acceptors (Lipinski definition) is 9. The van der Waals surface area contributed by atoms with Gasteiger partial charge >= 0.3 is 11.8 Å². The van der Waals surface area contributed by atoms with Gasteiger partial charge in [-0.15, -0.1) is 0 Å². The van der Waals surface area contributed by atoms with Crippen molar-refractivity contribution in [3.63, 3.8) is 0 Å². The van der Waals surface area contributed by atoms with E-state index < -0.39 is 60.0 Å². The molecule has 1 fully saturated rings. The van der Waals surface area contributed by atoms with Gasteiger partial charge in [0.05, 0.1) is 30.1 Å². The van der Waals surface area contributed by atoms with Gasteiger partial charge in [-0.05, 0) is 12.1 Å². The first-order valence-electron chi connectivity index (χ1n) is 8.18. The van der Waals surface area contributed by atoms with Crippen LogP contribution in [0.15, 0.2) is 24.3 Å². The molecule has 28 heavy (non-hydrogen) atoms. The Morgan fingerprint density at radius 1 is 1.43 bits per heavy atom. The maximum Gasteiger partial charge on any atom is 0.377 e. The zero-order chi connectivity index (χ0) is 21.1. The summed E-state index contributed by atoms with van der Waals surface area (Å²) in [4.78, 5) is 33.3. The van der Waals surface area contributed by atoms with Crippen molar-refractivity contribution in [2.24, 2.45) is 0 Å². The van der Waals surface area contributed by atoms with E-state index in [0.717, 1.165) is 31.2 Å². The lowest BCUT2D eigenvalue weighted by molar-refractivity contribution is -0.384. The molecule has 2 rings (SSSR count). The van der Waals surface area contributed by atoms with E-state index in [9.17, 15) is 40.1 Å². The Hall–Kier alpha value is -2.80. The van der Waals surface area contributed by atoms with Gasteiger partial charge < -0.3 is 35.2 Å². The molecule has 0 radical (unpaired) electrons. The van der Waals surface area contributed by atoms with Crippen molar-refractivity contribution in [3.05, 3.63) is 34.4 Å². The quantitative estimate of drug-likeness (QED) is 0.273. The fourth-order valence-corrected chi connectivity index (χ4v) is 2.87. The number of carbonyl (C=O) groups excluding carboxylic acids is 1. The number of carbonyl (C=O) groups is 2. The highest BCUT2D eigenvalue weighted by atomic mass is 16.7. The van der Waals surface area contributed by atoms with Crippen LogP contribution in [-0.2, 0) is 14.3 Å². The molecular formula is C16H20N2O10. The number of rotatable bonds is 7. The lowest BCUT2D eigenvalue weighted by atomic mass is 9.90. The minimum Gasteiger partial charge on any atom is -0.476 e. The number of nitrogens with zero attached hydrogens (tertiary/aromatic N) is 1. The van der Waals surface area contributed by atoms with Gasteiger partial charge in [-0.2, -0.15) is 0 Å². The number of amides is 1. The number of non-ortho nitro benzene ring substituents is 1.